The summed E-state index contributed by atoms with van der Waals surface area (Å²) < 4.78 is 0. The normalized spacial score (nSPS) is 17.3. The van der Waals surface area contributed by atoms with Crippen LogP contribution >= 0.6 is 11.3 Å². The number of nitrogens with zero attached hydrogens (tertiary/aromatic N) is 1. The van der Waals surface area contributed by atoms with Crippen LogP contribution < -0.4 is 10.6 Å². The Morgan fingerprint density at radius 2 is 1.78 bits per heavy atom. The van der Waals surface area contributed by atoms with Gasteiger partial charge in [0.15, 0.2) is 0 Å². The number of benzene rings is 1. The third-order valence-electron chi connectivity index (χ3n) is 5.36. The van der Waals surface area contributed by atoms with Gasteiger partial charge in [0.25, 0.3) is 5.91 Å². The van der Waals surface area contributed by atoms with E-state index >= 15 is 0 Å². The second-order valence-electron chi connectivity index (χ2n) is 7.30. The molecule has 0 bridgehead atoms. The lowest BCUT2D eigenvalue weighted by Crippen LogP contribution is -2.47. The Balaban J connectivity index is 1.27. The van der Waals surface area contributed by atoms with E-state index in [0.717, 1.165) is 36.2 Å². The molecule has 2 aliphatic rings. The second kappa shape index (κ2) is 8.13. The van der Waals surface area contributed by atoms with Crippen LogP contribution in [0.1, 0.15) is 45.8 Å². The number of carbonyl (C=O) groups is 2. The van der Waals surface area contributed by atoms with E-state index in [9.17, 15) is 9.59 Å². The lowest BCUT2D eigenvalue weighted by atomic mass is 9.99. The third kappa shape index (κ3) is 4.33. The molecule has 6 heteroatoms. The van der Waals surface area contributed by atoms with Crippen molar-refractivity contribution in [2.45, 2.75) is 44.6 Å². The van der Waals surface area contributed by atoms with E-state index in [2.05, 4.69) is 16.7 Å². The van der Waals surface area contributed by atoms with Gasteiger partial charge in [-0.2, -0.15) is 0 Å². The standard InChI is InChI=1S/C21H25N3O2S/c25-20(19-14-15-6-4-5-9-18(15)27-19)22-17-10-12-24(13-11-17)21(26)23-16-7-2-1-3-8-16/h1-3,7-8,14,17H,4-6,9-13H2,(H,22,25)(H,23,26). The molecule has 2 N–H and O–H groups in total. The number of nitrogens with one attached hydrogen (secondary N) is 2. The van der Waals surface area contributed by atoms with E-state index in [1.54, 1.807) is 11.3 Å². The Morgan fingerprint density at radius 1 is 1.04 bits per heavy atom. The molecular weight excluding hydrogens is 358 g/mol. The Labute approximate surface area is 163 Å². The van der Waals surface area contributed by atoms with Crippen LogP contribution in [0.5, 0.6) is 0 Å². The third-order valence-corrected chi connectivity index (χ3v) is 6.60. The summed E-state index contributed by atoms with van der Waals surface area (Å²) in [6, 6.07) is 11.6. The van der Waals surface area contributed by atoms with Gasteiger partial charge in [-0.15, -0.1) is 11.3 Å². The van der Waals surface area contributed by atoms with Crippen LogP contribution in [0.15, 0.2) is 36.4 Å². The molecular formula is C21H25N3O2S. The van der Waals surface area contributed by atoms with Gasteiger partial charge in [-0.1, -0.05) is 18.2 Å². The van der Waals surface area contributed by atoms with Crippen LogP contribution in [0.2, 0.25) is 0 Å². The molecule has 0 unspecified atom stereocenters. The quantitative estimate of drug-likeness (QED) is 0.840. The molecule has 0 saturated carbocycles. The van der Waals surface area contributed by atoms with Gasteiger partial charge in [0.05, 0.1) is 4.88 Å². The van der Waals surface area contributed by atoms with Crippen LogP contribution in [-0.2, 0) is 12.8 Å². The number of rotatable bonds is 3. The molecule has 2 aromatic rings. The molecule has 3 amide bonds. The molecule has 27 heavy (non-hydrogen) atoms. The fraction of sp³-hybridized carbons (Fsp3) is 0.429. The molecule has 1 aliphatic heterocycles. The van der Waals surface area contributed by atoms with Crippen LogP contribution in [0.4, 0.5) is 10.5 Å². The average Bonchev–Trinajstić information content (AvgIpc) is 3.14. The zero-order chi connectivity index (χ0) is 18.6. The minimum Gasteiger partial charge on any atom is -0.348 e. The topological polar surface area (TPSA) is 61.4 Å². The Bertz CT molecular complexity index is 787. The number of piperidine rings is 1. The summed E-state index contributed by atoms with van der Waals surface area (Å²) in [6.45, 7) is 1.31. The molecule has 142 valence electrons. The van der Waals surface area contributed by atoms with Crippen LogP contribution in [0.25, 0.3) is 0 Å². The first-order valence-corrected chi connectivity index (χ1v) is 10.5. The van der Waals surface area contributed by atoms with Gasteiger partial charge in [-0.25, -0.2) is 4.79 Å². The van der Waals surface area contributed by atoms with Crippen LogP contribution in [-0.4, -0.2) is 36.0 Å². The summed E-state index contributed by atoms with van der Waals surface area (Å²) in [6.07, 6.45) is 6.26. The van der Waals surface area contributed by atoms with E-state index < -0.39 is 0 Å². The number of aryl methyl sites for hydroxylation is 2. The van der Waals surface area contributed by atoms with Crippen molar-refractivity contribution in [3.05, 3.63) is 51.7 Å². The first kappa shape index (κ1) is 18.0. The van der Waals surface area contributed by atoms with E-state index in [1.165, 1.54) is 23.3 Å². The highest BCUT2D eigenvalue weighted by atomic mass is 32.1. The first-order valence-electron chi connectivity index (χ1n) is 9.72. The molecule has 4 rings (SSSR count). The van der Waals surface area contributed by atoms with Crippen molar-refractivity contribution in [3.8, 4) is 0 Å². The highest BCUT2D eigenvalue weighted by molar-refractivity contribution is 7.14. The fourth-order valence-corrected chi connectivity index (χ4v) is 4.97. The SMILES string of the molecule is O=C(NC1CCN(C(=O)Nc2ccccc2)CC1)c1cc2c(s1)CCCC2. The Hall–Kier alpha value is -2.34. The molecule has 5 nitrogen and oxygen atoms in total. The van der Waals surface area contributed by atoms with Crippen molar-refractivity contribution in [2.24, 2.45) is 0 Å². The van der Waals surface area contributed by atoms with Gasteiger partial charge >= 0.3 is 6.03 Å². The van der Waals surface area contributed by atoms with Crippen molar-refractivity contribution < 1.29 is 9.59 Å². The van der Waals surface area contributed by atoms with Gasteiger partial charge in [-0.3, -0.25) is 4.79 Å². The Morgan fingerprint density at radius 3 is 2.52 bits per heavy atom. The van der Waals surface area contributed by atoms with Gasteiger partial charge in [-0.05, 0) is 62.3 Å². The molecule has 1 aromatic carbocycles. The summed E-state index contributed by atoms with van der Waals surface area (Å²) in [5, 5.41) is 6.09. The summed E-state index contributed by atoms with van der Waals surface area (Å²) in [7, 11) is 0. The molecule has 0 atom stereocenters. The van der Waals surface area contributed by atoms with Crippen molar-refractivity contribution >= 4 is 29.0 Å². The second-order valence-corrected chi connectivity index (χ2v) is 8.43. The number of hydrogen-bond acceptors (Lipinski definition) is 3. The van der Waals surface area contributed by atoms with E-state index in [4.69, 9.17) is 0 Å². The lowest BCUT2D eigenvalue weighted by Gasteiger charge is -2.32. The molecule has 0 spiro atoms. The van der Waals surface area contributed by atoms with Crippen LogP contribution in [0, 0.1) is 0 Å². The molecule has 0 radical (unpaired) electrons. The van der Waals surface area contributed by atoms with Crippen molar-refractivity contribution in [3.63, 3.8) is 0 Å². The van der Waals surface area contributed by atoms with Crippen molar-refractivity contribution in [1.29, 1.82) is 0 Å². The van der Waals surface area contributed by atoms with Crippen LogP contribution in [0.3, 0.4) is 0 Å². The molecule has 1 saturated heterocycles. The maximum atomic E-state index is 12.6. The summed E-state index contributed by atoms with van der Waals surface area (Å²) >= 11 is 1.65. The highest BCUT2D eigenvalue weighted by Gasteiger charge is 2.25. The zero-order valence-electron chi connectivity index (χ0n) is 15.4. The van der Waals surface area contributed by atoms with Gasteiger partial charge in [0.2, 0.25) is 0 Å². The summed E-state index contributed by atoms with van der Waals surface area (Å²) in [4.78, 5) is 29.0. The number of likely N-dealkylation sites (tertiary alicyclic amines) is 1. The number of anilines is 1. The lowest BCUT2D eigenvalue weighted by molar-refractivity contribution is 0.0923. The Kier molecular flexibility index (Phi) is 5.43. The van der Waals surface area contributed by atoms with Gasteiger partial charge < -0.3 is 15.5 Å². The molecule has 1 aliphatic carbocycles. The predicted octanol–water partition coefficient (Wildman–Crippen LogP) is 4.05. The number of hydrogen-bond donors (Lipinski definition) is 2. The first-order chi connectivity index (χ1) is 13.2. The molecule has 1 fully saturated rings. The van der Waals surface area contributed by atoms with Gasteiger partial charge in [0, 0.05) is 29.7 Å². The monoisotopic (exact) mass is 383 g/mol. The van der Waals surface area contributed by atoms with E-state index in [-0.39, 0.29) is 18.0 Å². The average molecular weight is 384 g/mol. The number of carbonyl (C=O) groups excluding carboxylic acids is 2. The largest absolute Gasteiger partial charge is 0.348 e. The number of urea groups is 1. The number of fused-ring (bicyclic) bond motifs is 1. The minimum atomic E-state index is -0.0723. The highest BCUT2D eigenvalue weighted by Crippen LogP contribution is 2.29. The van der Waals surface area contributed by atoms with Crippen molar-refractivity contribution in [2.75, 3.05) is 18.4 Å². The van der Waals surface area contributed by atoms with E-state index in [0.29, 0.717) is 13.1 Å². The maximum Gasteiger partial charge on any atom is 0.321 e. The maximum absolute atomic E-state index is 12.6. The zero-order valence-corrected chi connectivity index (χ0v) is 16.2. The van der Waals surface area contributed by atoms with Crippen molar-refractivity contribution in [1.82, 2.24) is 10.2 Å². The molecule has 1 aromatic heterocycles. The summed E-state index contributed by atoms with van der Waals surface area (Å²) in [5.41, 5.74) is 2.17. The molecule has 2 heterocycles. The number of para-hydroxylation sites is 1. The fourth-order valence-electron chi connectivity index (χ4n) is 3.81. The summed E-state index contributed by atoms with van der Waals surface area (Å²) in [5.74, 6) is 0.0431. The minimum absolute atomic E-state index is 0.0431. The van der Waals surface area contributed by atoms with E-state index in [1.807, 2.05) is 35.2 Å². The van der Waals surface area contributed by atoms with Gasteiger partial charge in [0.1, 0.15) is 0 Å². The number of thiophene rings is 1. The smallest absolute Gasteiger partial charge is 0.321 e. The predicted molar refractivity (Wildman–Crippen MR) is 108 cm³/mol. The number of amides is 3.